The molecule has 0 aromatic heterocycles. The van der Waals surface area contributed by atoms with Gasteiger partial charge in [0.15, 0.2) is 0 Å². The molecule has 4 aliphatic carbocycles. The Morgan fingerprint density at radius 1 is 0.833 bits per heavy atom. The zero-order valence-corrected chi connectivity index (χ0v) is 18.5. The number of rotatable bonds is 4. The molecule has 4 fully saturated rings. The summed E-state index contributed by atoms with van der Waals surface area (Å²) in [7, 11) is 1.75. The smallest absolute Gasteiger partial charge is 0.308 e. The molecule has 158 valence electrons. The van der Waals surface area contributed by atoms with E-state index < -0.39 is 0 Å². The van der Waals surface area contributed by atoms with Gasteiger partial charge in [0.2, 0.25) is 0 Å². The predicted molar refractivity (Wildman–Crippen MR) is 118 cm³/mol. The summed E-state index contributed by atoms with van der Waals surface area (Å²) in [6, 6.07) is 12.9. The number of carbonyl (C=O) groups is 1. The lowest BCUT2D eigenvalue weighted by atomic mass is 9.45. The molecule has 30 heavy (non-hydrogen) atoms. The van der Waals surface area contributed by atoms with Crippen molar-refractivity contribution >= 4 is 5.97 Å². The number of methoxy groups -OCH3 is 1. The molecule has 2 aromatic carbocycles. The summed E-state index contributed by atoms with van der Waals surface area (Å²) in [6.45, 7) is 5.89. The average Bonchev–Trinajstić information content (AvgIpc) is 2.69. The van der Waals surface area contributed by atoms with Crippen LogP contribution in [0, 0.1) is 37.5 Å². The van der Waals surface area contributed by atoms with E-state index in [2.05, 4.69) is 44.2 Å². The van der Waals surface area contributed by atoms with Gasteiger partial charge in [0, 0.05) is 6.92 Å². The van der Waals surface area contributed by atoms with Gasteiger partial charge in [0.25, 0.3) is 0 Å². The zero-order chi connectivity index (χ0) is 21.0. The Hall–Kier alpha value is -2.29. The molecule has 0 heterocycles. The fraction of sp³-hybridized carbons (Fsp3) is 0.519. The van der Waals surface area contributed by atoms with Crippen molar-refractivity contribution in [2.45, 2.75) is 58.3 Å². The molecule has 6 unspecified atom stereocenters. The van der Waals surface area contributed by atoms with Crippen LogP contribution < -0.4 is 9.47 Å². The fourth-order valence-corrected chi connectivity index (χ4v) is 7.28. The van der Waals surface area contributed by atoms with Crippen LogP contribution in [0.1, 0.15) is 66.7 Å². The van der Waals surface area contributed by atoms with E-state index in [-0.39, 0.29) is 5.97 Å². The molecule has 3 heteroatoms. The molecule has 0 N–H and O–H groups in total. The van der Waals surface area contributed by atoms with Gasteiger partial charge in [-0.1, -0.05) is 12.1 Å². The van der Waals surface area contributed by atoms with E-state index in [0.717, 1.165) is 23.5 Å². The first-order valence-corrected chi connectivity index (χ1v) is 11.4. The second kappa shape index (κ2) is 7.44. The Balaban J connectivity index is 1.52. The number of carbonyl (C=O) groups excluding carboxylic acids is 1. The highest BCUT2D eigenvalue weighted by molar-refractivity contribution is 5.69. The Bertz CT molecular complexity index is 978. The summed E-state index contributed by atoms with van der Waals surface area (Å²) < 4.78 is 10.8. The van der Waals surface area contributed by atoms with Gasteiger partial charge < -0.3 is 9.47 Å². The SMILES string of the molecule is COc1ccc(C2C3CC4CC(C3)C(c3ccc(OC(C)=O)cc3C)C2C4)c(C)c1. The summed E-state index contributed by atoms with van der Waals surface area (Å²) in [5.41, 5.74) is 5.63. The molecule has 4 bridgehead atoms. The Morgan fingerprint density at radius 2 is 1.40 bits per heavy atom. The van der Waals surface area contributed by atoms with Crippen LogP contribution in [0.15, 0.2) is 36.4 Å². The van der Waals surface area contributed by atoms with E-state index >= 15 is 0 Å². The number of ether oxygens (including phenoxy) is 2. The van der Waals surface area contributed by atoms with Crippen LogP contribution in [0.4, 0.5) is 0 Å². The zero-order valence-electron chi connectivity index (χ0n) is 18.5. The maximum absolute atomic E-state index is 11.4. The molecule has 0 amide bonds. The van der Waals surface area contributed by atoms with Crippen molar-refractivity contribution in [3.63, 3.8) is 0 Å². The van der Waals surface area contributed by atoms with E-state index in [9.17, 15) is 4.79 Å². The summed E-state index contributed by atoms with van der Waals surface area (Å²) in [5.74, 6) is 5.82. The quantitative estimate of drug-likeness (QED) is 0.451. The van der Waals surface area contributed by atoms with E-state index in [1.165, 1.54) is 54.9 Å². The van der Waals surface area contributed by atoms with Gasteiger partial charge >= 0.3 is 5.97 Å². The molecule has 4 saturated carbocycles. The minimum absolute atomic E-state index is 0.258. The number of benzene rings is 2. The topological polar surface area (TPSA) is 35.5 Å². The second-order valence-corrected chi connectivity index (χ2v) is 9.88. The third-order valence-corrected chi connectivity index (χ3v) is 8.12. The lowest BCUT2D eigenvalue weighted by Gasteiger charge is -2.59. The van der Waals surface area contributed by atoms with Crippen molar-refractivity contribution < 1.29 is 14.3 Å². The van der Waals surface area contributed by atoms with Gasteiger partial charge in [-0.15, -0.1) is 0 Å². The number of hydrogen-bond donors (Lipinski definition) is 0. The maximum Gasteiger partial charge on any atom is 0.308 e. The first-order valence-electron chi connectivity index (χ1n) is 11.4. The molecule has 0 radical (unpaired) electrons. The van der Waals surface area contributed by atoms with Crippen molar-refractivity contribution in [1.29, 1.82) is 0 Å². The molecular formula is C27H32O3. The lowest BCUT2D eigenvalue weighted by molar-refractivity contribution is -0.131. The van der Waals surface area contributed by atoms with Gasteiger partial charge in [-0.05, 0) is 122 Å². The van der Waals surface area contributed by atoms with E-state index in [1.807, 2.05) is 6.07 Å². The van der Waals surface area contributed by atoms with Crippen LogP contribution in [0.5, 0.6) is 11.5 Å². The molecule has 6 rings (SSSR count). The minimum atomic E-state index is -0.258. The lowest BCUT2D eigenvalue weighted by Crippen LogP contribution is -2.48. The normalized spacial score (nSPS) is 31.6. The van der Waals surface area contributed by atoms with E-state index in [1.54, 1.807) is 7.11 Å². The summed E-state index contributed by atoms with van der Waals surface area (Å²) in [5, 5.41) is 0. The third-order valence-electron chi connectivity index (χ3n) is 8.12. The highest BCUT2D eigenvalue weighted by Crippen LogP contribution is 2.65. The largest absolute Gasteiger partial charge is 0.497 e. The van der Waals surface area contributed by atoms with Crippen LogP contribution in [-0.2, 0) is 4.79 Å². The van der Waals surface area contributed by atoms with Gasteiger partial charge in [-0.25, -0.2) is 0 Å². The summed E-state index contributed by atoms with van der Waals surface area (Å²) in [6.07, 6.45) is 5.48. The highest BCUT2D eigenvalue weighted by atomic mass is 16.5. The molecule has 3 nitrogen and oxygen atoms in total. The Morgan fingerprint density at radius 3 is 1.93 bits per heavy atom. The van der Waals surface area contributed by atoms with Crippen LogP contribution >= 0.6 is 0 Å². The van der Waals surface area contributed by atoms with Crippen molar-refractivity contribution in [3.05, 3.63) is 58.7 Å². The molecule has 0 aliphatic heterocycles. The van der Waals surface area contributed by atoms with Gasteiger partial charge in [0.05, 0.1) is 7.11 Å². The van der Waals surface area contributed by atoms with Crippen LogP contribution in [-0.4, -0.2) is 13.1 Å². The van der Waals surface area contributed by atoms with Crippen molar-refractivity contribution in [2.24, 2.45) is 23.7 Å². The molecule has 2 aromatic rings. The number of hydrogen-bond acceptors (Lipinski definition) is 3. The highest BCUT2D eigenvalue weighted by Gasteiger charge is 2.54. The predicted octanol–water partition coefficient (Wildman–Crippen LogP) is 6.17. The minimum Gasteiger partial charge on any atom is -0.497 e. The van der Waals surface area contributed by atoms with E-state index in [4.69, 9.17) is 9.47 Å². The van der Waals surface area contributed by atoms with Crippen LogP contribution in [0.2, 0.25) is 0 Å². The molecule has 6 atom stereocenters. The average molecular weight is 405 g/mol. The first-order chi connectivity index (χ1) is 14.4. The summed E-state index contributed by atoms with van der Waals surface area (Å²) in [4.78, 5) is 11.4. The Labute approximate surface area is 179 Å². The molecule has 0 spiro atoms. The van der Waals surface area contributed by atoms with Gasteiger partial charge in [-0.2, -0.15) is 0 Å². The standard InChI is InChI=1S/C27H32O3/c1-15-9-21(29-4)5-7-23(15)26-19-11-18-12-20(14-19)27(25(26)13-18)24-8-6-22(10-16(24)2)30-17(3)28/h5-10,18-20,25-27H,11-14H2,1-4H3. The first kappa shape index (κ1) is 19.7. The molecule has 4 aliphatic rings. The third kappa shape index (κ3) is 3.23. The van der Waals surface area contributed by atoms with Gasteiger partial charge in [0.1, 0.15) is 11.5 Å². The summed E-state index contributed by atoms with van der Waals surface area (Å²) >= 11 is 0. The second-order valence-electron chi connectivity index (χ2n) is 9.88. The number of esters is 1. The van der Waals surface area contributed by atoms with Crippen molar-refractivity contribution in [3.8, 4) is 11.5 Å². The van der Waals surface area contributed by atoms with Crippen LogP contribution in [0.3, 0.4) is 0 Å². The number of aryl methyl sites for hydroxylation is 2. The molecule has 0 saturated heterocycles. The van der Waals surface area contributed by atoms with E-state index in [0.29, 0.717) is 23.5 Å². The van der Waals surface area contributed by atoms with Gasteiger partial charge in [-0.3, -0.25) is 4.79 Å². The monoisotopic (exact) mass is 404 g/mol. The fourth-order valence-electron chi connectivity index (χ4n) is 7.28. The van der Waals surface area contributed by atoms with Crippen molar-refractivity contribution in [1.82, 2.24) is 0 Å². The maximum atomic E-state index is 11.4. The molecular weight excluding hydrogens is 372 g/mol. The Kier molecular flexibility index (Phi) is 4.88. The van der Waals surface area contributed by atoms with Crippen LogP contribution in [0.25, 0.3) is 0 Å². The van der Waals surface area contributed by atoms with Crippen molar-refractivity contribution in [2.75, 3.05) is 7.11 Å².